The smallest absolute Gasteiger partial charge is 0.353 e. The average Bonchev–Trinajstić information content (AvgIpc) is 2.60. The molecule has 0 saturated carbocycles. The minimum atomic E-state index is -4.52. The first-order chi connectivity index (χ1) is 12.3. The number of aromatic nitrogens is 3. The highest BCUT2D eigenvalue weighted by molar-refractivity contribution is 5.42. The van der Waals surface area contributed by atoms with Crippen molar-refractivity contribution >= 4 is 5.82 Å². The van der Waals surface area contributed by atoms with Gasteiger partial charge in [-0.2, -0.15) is 13.2 Å². The molecule has 10 heteroatoms. The fourth-order valence-electron chi connectivity index (χ4n) is 3.54. The van der Waals surface area contributed by atoms with Gasteiger partial charge in [-0.3, -0.25) is 9.88 Å². The van der Waals surface area contributed by atoms with Crippen LogP contribution in [-0.2, 0) is 12.7 Å². The molecule has 2 bridgehead atoms. The summed E-state index contributed by atoms with van der Waals surface area (Å²) in [5.74, 6) is -1.20. The second kappa shape index (κ2) is 6.11. The fraction of sp³-hybridized carbons (Fsp3) is 0.438. The molecule has 2 aromatic rings. The Labute approximate surface area is 145 Å². The predicted octanol–water partition coefficient (Wildman–Crippen LogP) is 2.63. The number of hydrogen-bond donors (Lipinski definition) is 0. The summed E-state index contributed by atoms with van der Waals surface area (Å²) < 4.78 is 65.1. The Kier molecular flexibility index (Phi) is 4.02. The molecule has 0 aromatic carbocycles. The van der Waals surface area contributed by atoms with Gasteiger partial charge in [0.05, 0.1) is 11.9 Å². The van der Waals surface area contributed by atoms with E-state index < -0.39 is 23.5 Å². The highest BCUT2D eigenvalue weighted by Gasteiger charge is 2.45. The Morgan fingerprint density at radius 1 is 1.04 bits per heavy atom. The Balaban J connectivity index is 1.46. The second-order valence-electron chi connectivity index (χ2n) is 6.46. The van der Waals surface area contributed by atoms with Gasteiger partial charge in [-0.1, -0.05) is 0 Å². The Morgan fingerprint density at radius 2 is 1.77 bits per heavy atom. The summed E-state index contributed by atoms with van der Waals surface area (Å²) in [4.78, 5) is 14.8. The molecule has 5 heterocycles. The maximum absolute atomic E-state index is 13.8. The molecular formula is C16H14F5N5. The Bertz CT molecular complexity index is 815. The van der Waals surface area contributed by atoms with Gasteiger partial charge in [-0.25, -0.2) is 18.7 Å². The van der Waals surface area contributed by atoms with E-state index in [0.717, 1.165) is 31.1 Å². The van der Waals surface area contributed by atoms with Gasteiger partial charge in [0.2, 0.25) is 0 Å². The number of halogens is 5. The third-order valence-corrected chi connectivity index (χ3v) is 4.83. The maximum atomic E-state index is 13.8. The van der Waals surface area contributed by atoms with Crippen LogP contribution in [0.25, 0.3) is 0 Å². The van der Waals surface area contributed by atoms with Crippen LogP contribution in [0.2, 0.25) is 0 Å². The summed E-state index contributed by atoms with van der Waals surface area (Å²) in [5.41, 5.74) is -0.813. The highest BCUT2D eigenvalue weighted by Crippen LogP contribution is 2.36. The summed E-state index contributed by atoms with van der Waals surface area (Å²) >= 11 is 0. The second-order valence-corrected chi connectivity index (χ2v) is 6.46. The minimum Gasteiger partial charge on any atom is -0.353 e. The van der Waals surface area contributed by atoms with Crippen LogP contribution < -0.4 is 4.90 Å². The molecule has 0 N–H and O–H groups in total. The Morgan fingerprint density at radius 3 is 2.42 bits per heavy atom. The van der Waals surface area contributed by atoms with Gasteiger partial charge in [-0.05, 0) is 6.42 Å². The zero-order chi connectivity index (χ0) is 18.5. The highest BCUT2D eigenvalue weighted by atomic mass is 19.4. The van der Waals surface area contributed by atoms with Gasteiger partial charge in [-0.15, -0.1) is 0 Å². The molecule has 2 unspecified atom stereocenters. The third-order valence-electron chi connectivity index (χ3n) is 4.83. The average molecular weight is 371 g/mol. The van der Waals surface area contributed by atoms with Crippen LogP contribution >= 0.6 is 0 Å². The molecule has 0 amide bonds. The van der Waals surface area contributed by atoms with Crippen molar-refractivity contribution in [3.63, 3.8) is 0 Å². The van der Waals surface area contributed by atoms with Crippen LogP contribution in [0.15, 0.2) is 24.7 Å². The lowest BCUT2D eigenvalue weighted by Gasteiger charge is -2.56. The number of anilines is 1. The van der Waals surface area contributed by atoms with Gasteiger partial charge >= 0.3 is 6.18 Å². The standard InChI is InChI=1S/C16H14F5N5/c17-9-1-12(18)13(22-4-9)7-26-10-2-11(26)6-25(5-10)15-3-14(16(19,20)21)23-8-24-15/h1,3-4,8,10-11H,2,5-7H2. The van der Waals surface area contributed by atoms with Crippen molar-refractivity contribution in [2.75, 3.05) is 18.0 Å². The van der Waals surface area contributed by atoms with E-state index in [0.29, 0.717) is 13.1 Å². The minimum absolute atomic E-state index is 0.0595. The van der Waals surface area contributed by atoms with E-state index >= 15 is 0 Å². The summed E-state index contributed by atoms with van der Waals surface area (Å²) in [6.45, 7) is 1.20. The summed E-state index contributed by atoms with van der Waals surface area (Å²) in [6, 6.07) is 1.86. The molecule has 0 aliphatic carbocycles. The first-order valence-electron chi connectivity index (χ1n) is 8.01. The first kappa shape index (κ1) is 17.1. The number of nitrogens with zero attached hydrogens (tertiary/aromatic N) is 5. The largest absolute Gasteiger partial charge is 0.433 e. The quantitative estimate of drug-likeness (QED) is 0.777. The number of piperazine rings is 1. The van der Waals surface area contributed by atoms with Gasteiger partial charge in [0.25, 0.3) is 0 Å². The lowest BCUT2D eigenvalue weighted by molar-refractivity contribution is -0.141. The summed E-state index contributed by atoms with van der Waals surface area (Å²) in [7, 11) is 0. The van der Waals surface area contributed by atoms with Crippen molar-refractivity contribution in [1.82, 2.24) is 19.9 Å². The lowest BCUT2D eigenvalue weighted by Crippen LogP contribution is -2.68. The molecule has 138 valence electrons. The van der Waals surface area contributed by atoms with Crippen LogP contribution in [0.1, 0.15) is 17.8 Å². The van der Waals surface area contributed by atoms with E-state index in [1.165, 1.54) is 0 Å². The monoisotopic (exact) mass is 371 g/mol. The van der Waals surface area contributed by atoms with Gasteiger partial charge in [0.15, 0.2) is 0 Å². The van der Waals surface area contributed by atoms with Crippen molar-refractivity contribution in [2.45, 2.75) is 31.2 Å². The number of fused-ring (bicyclic) bond motifs is 2. The van der Waals surface area contributed by atoms with Crippen molar-refractivity contribution in [3.8, 4) is 0 Å². The zero-order valence-corrected chi connectivity index (χ0v) is 13.4. The van der Waals surface area contributed by atoms with Crippen molar-refractivity contribution in [2.24, 2.45) is 0 Å². The van der Waals surface area contributed by atoms with E-state index in [4.69, 9.17) is 0 Å². The number of pyridine rings is 1. The van der Waals surface area contributed by atoms with E-state index in [1.807, 2.05) is 4.90 Å². The molecule has 3 aliphatic heterocycles. The van der Waals surface area contributed by atoms with E-state index in [-0.39, 0.29) is 30.1 Å². The fourth-order valence-corrected chi connectivity index (χ4v) is 3.54. The molecule has 5 rings (SSSR count). The molecule has 2 aromatic heterocycles. The first-order valence-corrected chi connectivity index (χ1v) is 8.01. The normalized spacial score (nSPS) is 23.0. The Hall–Kier alpha value is -2.36. The van der Waals surface area contributed by atoms with Crippen LogP contribution in [0.3, 0.4) is 0 Å². The molecule has 26 heavy (non-hydrogen) atoms. The lowest BCUT2D eigenvalue weighted by atomic mass is 9.87. The molecule has 3 saturated heterocycles. The van der Waals surface area contributed by atoms with Crippen LogP contribution in [0.5, 0.6) is 0 Å². The van der Waals surface area contributed by atoms with Gasteiger partial charge < -0.3 is 4.90 Å². The number of piperidine rings is 1. The molecular weight excluding hydrogens is 357 g/mol. The predicted molar refractivity (Wildman–Crippen MR) is 81.1 cm³/mol. The van der Waals surface area contributed by atoms with Crippen molar-refractivity contribution < 1.29 is 22.0 Å². The van der Waals surface area contributed by atoms with Crippen LogP contribution in [0.4, 0.5) is 27.8 Å². The number of alkyl halides is 3. The molecule has 5 nitrogen and oxygen atoms in total. The number of rotatable bonds is 3. The molecule has 2 atom stereocenters. The molecule has 0 radical (unpaired) electrons. The summed E-state index contributed by atoms with van der Waals surface area (Å²) in [5, 5.41) is 0. The number of hydrogen-bond acceptors (Lipinski definition) is 5. The van der Waals surface area contributed by atoms with E-state index in [2.05, 4.69) is 15.0 Å². The maximum Gasteiger partial charge on any atom is 0.433 e. The molecule has 3 aliphatic rings. The van der Waals surface area contributed by atoms with E-state index in [1.54, 1.807) is 4.90 Å². The third kappa shape index (κ3) is 3.09. The summed E-state index contributed by atoms with van der Waals surface area (Å²) in [6.07, 6.45) is -1.77. The van der Waals surface area contributed by atoms with Crippen molar-refractivity contribution in [1.29, 1.82) is 0 Å². The SMILES string of the molecule is Fc1cnc(CN2C3CC2CN(c2cc(C(F)(F)F)ncn2)C3)c(F)c1. The van der Waals surface area contributed by atoms with Gasteiger partial charge in [0.1, 0.15) is 29.5 Å². The zero-order valence-electron chi connectivity index (χ0n) is 13.4. The van der Waals surface area contributed by atoms with Crippen LogP contribution in [-0.4, -0.2) is 45.0 Å². The van der Waals surface area contributed by atoms with E-state index in [9.17, 15) is 22.0 Å². The van der Waals surface area contributed by atoms with Crippen LogP contribution in [0, 0.1) is 11.6 Å². The topological polar surface area (TPSA) is 45.2 Å². The molecule has 3 fully saturated rings. The van der Waals surface area contributed by atoms with Crippen molar-refractivity contribution in [3.05, 3.63) is 47.7 Å². The van der Waals surface area contributed by atoms with Gasteiger partial charge in [0, 0.05) is 43.9 Å². The molecule has 0 spiro atoms.